The SMILES string of the molecule is COc1ccc2[nH]c(C(=O)N3CC[C@@H](n4cnc5cccnc54)C3)cc2c1OC. The summed E-state index contributed by atoms with van der Waals surface area (Å²) in [4.78, 5) is 27.1. The summed E-state index contributed by atoms with van der Waals surface area (Å²) < 4.78 is 12.9. The van der Waals surface area contributed by atoms with Gasteiger partial charge in [-0.25, -0.2) is 9.97 Å². The van der Waals surface area contributed by atoms with E-state index in [0.717, 1.165) is 28.5 Å². The Labute approximate surface area is 167 Å². The second kappa shape index (κ2) is 6.80. The van der Waals surface area contributed by atoms with Crippen molar-refractivity contribution < 1.29 is 14.3 Å². The highest BCUT2D eigenvalue weighted by atomic mass is 16.5. The Balaban J connectivity index is 1.41. The third-order valence-electron chi connectivity index (χ3n) is 5.55. The highest BCUT2D eigenvalue weighted by Gasteiger charge is 2.30. The molecule has 1 amide bonds. The molecule has 148 valence electrons. The lowest BCUT2D eigenvalue weighted by atomic mass is 10.2. The minimum Gasteiger partial charge on any atom is -0.493 e. The second-order valence-electron chi connectivity index (χ2n) is 7.14. The molecule has 1 N–H and O–H groups in total. The quantitative estimate of drug-likeness (QED) is 0.578. The van der Waals surface area contributed by atoms with Crippen LogP contribution in [0.25, 0.3) is 22.1 Å². The molecule has 8 heteroatoms. The summed E-state index contributed by atoms with van der Waals surface area (Å²) in [6, 6.07) is 9.54. The van der Waals surface area contributed by atoms with Gasteiger partial charge >= 0.3 is 0 Å². The van der Waals surface area contributed by atoms with Crippen molar-refractivity contribution in [1.29, 1.82) is 0 Å². The molecule has 0 saturated carbocycles. The van der Waals surface area contributed by atoms with Crippen molar-refractivity contribution in [1.82, 2.24) is 24.4 Å². The summed E-state index contributed by atoms with van der Waals surface area (Å²) in [5, 5.41) is 0.829. The van der Waals surface area contributed by atoms with Gasteiger partial charge in [-0.05, 0) is 36.8 Å². The first-order chi connectivity index (χ1) is 14.2. The van der Waals surface area contributed by atoms with Crippen LogP contribution in [0.2, 0.25) is 0 Å². The number of ether oxygens (including phenoxy) is 2. The van der Waals surface area contributed by atoms with Crippen molar-refractivity contribution >= 4 is 28.0 Å². The fourth-order valence-electron chi connectivity index (χ4n) is 4.10. The van der Waals surface area contributed by atoms with Gasteiger partial charge in [0, 0.05) is 24.7 Å². The van der Waals surface area contributed by atoms with Crippen LogP contribution in [-0.2, 0) is 0 Å². The van der Waals surface area contributed by atoms with Crippen LogP contribution in [0.3, 0.4) is 0 Å². The number of fused-ring (bicyclic) bond motifs is 2. The Morgan fingerprint density at radius 2 is 2.10 bits per heavy atom. The van der Waals surface area contributed by atoms with Gasteiger partial charge in [0.2, 0.25) is 0 Å². The zero-order valence-electron chi connectivity index (χ0n) is 16.3. The van der Waals surface area contributed by atoms with Crippen molar-refractivity contribution in [2.75, 3.05) is 27.3 Å². The van der Waals surface area contributed by atoms with Crippen molar-refractivity contribution in [3.8, 4) is 11.5 Å². The number of carbonyl (C=O) groups excluding carboxylic acids is 1. The Morgan fingerprint density at radius 3 is 2.93 bits per heavy atom. The first-order valence-electron chi connectivity index (χ1n) is 9.50. The molecular weight excluding hydrogens is 370 g/mol. The molecular formula is C21H21N5O3. The van der Waals surface area contributed by atoms with E-state index in [4.69, 9.17) is 9.47 Å². The number of aromatic amines is 1. The van der Waals surface area contributed by atoms with Gasteiger partial charge in [-0.1, -0.05) is 0 Å². The normalized spacial score (nSPS) is 16.6. The number of nitrogens with zero attached hydrogens (tertiary/aromatic N) is 4. The summed E-state index contributed by atoms with van der Waals surface area (Å²) >= 11 is 0. The van der Waals surface area contributed by atoms with Crippen LogP contribution >= 0.6 is 0 Å². The molecule has 1 fully saturated rings. The highest BCUT2D eigenvalue weighted by molar-refractivity contribution is 6.00. The van der Waals surface area contributed by atoms with Crippen LogP contribution in [-0.4, -0.2) is 57.6 Å². The predicted octanol–water partition coefficient (Wildman–Crippen LogP) is 3.02. The fraction of sp³-hybridized carbons (Fsp3) is 0.286. The Bertz CT molecular complexity index is 1210. The third-order valence-corrected chi connectivity index (χ3v) is 5.55. The van der Waals surface area contributed by atoms with Crippen molar-refractivity contribution in [3.05, 3.63) is 48.5 Å². The number of aromatic nitrogens is 4. The third kappa shape index (κ3) is 2.79. The number of pyridine rings is 1. The fourth-order valence-corrected chi connectivity index (χ4v) is 4.10. The second-order valence-corrected chi connectivity index (χ2v) is 7.14. The molecule has 4 aromatic rings. The number of hydrogen-bond acceptors (Lipinski definition) is 5. The smallest absolute Gasteiger partial charge is 0.270 e. The van der Waals surface area contributed by atoms with E-state index in [1.54, 1.807) is 20.4 Å². The molecule has 3 aromatic heterocycles. The van der Waals surface area contributed by atoms with Gasteiger partial charge in [0.05, 0.1) is 32.1 Å². The average Bonchev–Trinajstić information content (AvgIpc) is 3.49. The maximum atomic E-state index is 13.1. The molecule has 0 spiro atoms. The monoisotopic (exact) mass is 391 g/mol. The number of carbonyl (C=O) groups is 1. The number of hydrogen-bond donors (Lipinski definition) is 1. The Morgan fingerprint density at radius 1 is 1.21 bits per heavy atom. The molecule has 1 atom stereocenters. The number of rotatable bonds is 4. The Kier molecular flexibility index (Phi) is 4.12. The number of imidazole rings is 1. The van der Waals surface area contributed by atoms with Crippen LogP contribution in [0.5, 0.6) is 11.5 Å². The van der Waals surface area contributed by atoms with Gasteiger partial charge in [0.25, 0.3) is 5.91 Å². The van der Waals surface area contributed by atoms with Crippen LogP contribution in [0, 0.1) is 0 Å². The summed E-state index contributed by atoms with van der Waals surface area (Å²) in [5.74, 6) is 1.23. The van der Waals surface area contributed by atoms with E-state index < -0.39 is 0 Å². The number of H-pyrrole nitrogens is 1. The van der Waals surface area contributed by atoms with Crippen LogP contribution in [0.4, 0.5) is 0 Å². The molecule has 4 heterocycles. The topological polar surface area (TPSA) is 85.3 Å². The Hall–Kier alpha value is -3.55. The number of likely N-dealkylation sites (tertiary alicyclic amines) is 1. The van der Waals surface area contributed by atoms with E-state index >= 15 is 0 Å². The largest absolute Gasteiger partial charge is 0.493 e. The average molecular weight is 391 g/mol. The van der Waals surface area contributed by atoms with Crippen LogP contribution in [0.1, 0.15) is 23.0 Å². The van der Waals surface area contributed by atoms with E-state index in [1.807, 2.05) is 41.6 Å². The molecule has 0 aliphatic carbocycles. The van der Waals surface area contributed by atoms with E-state index in [2.05, 4.69) is 19.5 Å². The number of methoxy groups -OCH3 is 2. The standard InChI is InChI=1S/C21H21N5O3/c1-28-18-6-5-15-14(19(18)29-2)10-17(24-15)21(27)25-9-7-13(11-25)26-12-23-16-4-3-8-22-20(16)26/h3-6,8,10,12-13,24H,7,9,11H2,1-2H3/t13-/m1/s1. The van der Waals surface area contributed by atoms with Crippen molar-refractivity contribution in [2.45, 2.75) is 12.5 Å². The number of nitrogens with one attached hydrogen (secondary N) is 1. The van der Waals surface area contributed by atoms with Gasteiger partial charge in [-0.15, -0.1) is 0 Å². The molecule has 1 aliphatic heterocycles. The maximum absolute atomic E-state index is 13.1. The zero-order valence-corrected chi connectivity index (χ0v) is 16.3. The maximum Gasteiger partial charge on any atom is 0.270 e. The van der Waals surface area contributed by atoms with Crippen LogP contribution in [0.15, 0.2) is 42.9 Å². The molecule has 0 bridgehead atoms. The molecule has 1 aliphatic rings. The minimum atomic E-state index is -0.0258. The lowest BCUT2D eigenvalue weighted by Gasteiger charge is -2.16. The van der Waals surface area contributed by atoms with E-state index in [-0.39, 0.29) is 11.9 Å². The molecule has 5 rings (SSSR count). The van der Waals surface area contributed by atoms with Crippen LogP contribution < -0.4 is 9.47 Å². The number of amides is 1. The predicted molar refractivity (Wildman–Crippen MR) is 108 cm³/mol. The first kappa shape index (κ1) is 17.5. The zero-order chi connectivity index (χ0) is 20.0. The summed E-state index contributed by atoms with van der Waals surface area (Å²) in [6.07, 6.45) is 4.45. The van der Waals surface area contributed by atoms with Crippen molar-refractivity contribution in [2.24, 2.45) is 0 Å². The highest BCUT2D eigenvalue weighted by Crippen LogP contribution is 2.36. The van der Waals surface area contributed by atoms with Gasteiger partial charge < -0.3 is 23.9 Å². The van der Waals surface area contributed by atoms with E-state index in [9.17, 15) is 4.79 Å². The molecule has 8 nitrogen and oxygen atoms in total. The summed E-state index contributed by atoms with van der Waals surface area (Å²) in [6.45, 7) is 1.31. The summed E-state index contributed by atoms with van der Waals surface area (Å²) in [7, 11) is 3.20. The molecule has 1 saturated heterocycles. The molecule has 29 heavy (non-hydrogen) atoms. The van der Waals surface area contributed by atoms with Gasteiger partial charge in [-0.2, -0.15) is 0 Å². The van der Waals surface area contributed by atoms with Gasteiger partial charge in [-0.3, -0.25) is 4.79 Å². The van der Waals surface area contributed by atoms with E-state index in [0.29, 0.717) is 30.3 Å². The molecule has 1 aromatic carbocycles. The molecule has 0 unspecified atom stereocenters. The van der Waals surface area contributed by atoms with Gasteiger partial charge in [0.15, 0.2) is 17.1 Å². The lowest BCUT2D eigenvalue weighted by molar-refractivity contribution is 0.0783. The molecule has 0 radical (unpaired) electrons. The van der Waals surface area contributed by atoms with Crippen molar-refractivity contribution in [3.63, 3.8) is 0 Å². The number of benzene rings is 1. The minimum absolute atomic E-state index is 0.0258. The summed E-state index contributed by atoms with van der Waals surface area (Å²) in [5.41, 5.74) is 3.11. The first-order valence-corrected chi connectivity index (χ1v) is 9.50. The van der Waals surface area contributed by atoms with Gasteiger partial charge in [0.1, 0.15) is 11.2 Å². The van der Waals surface area contributed by atoms with E-state index in [1.165, 1.54) is 0 Å². The lowest BCUT2D eigenvalue weighted by Crippen LogP contribution is -2.29.